The van der Waals surface area contributed by atoms with Crippen LogP contribution in [0.1, 0.15) is 70.9 Å². The second kappa shape index (κ2) is 10.0. The zero-order chi connectivity index (χ0) is 25.3. The van der Waals surface area contributed by atoms with Gasteiger partial charge >= 0.3 is 0 Å². The molecule has 1 saturated heterocycles. The van der Waals surface area contributed by atoms with Crippen molar-refractivity contribution in [1.82, 2.24) is 20.1 Å². The number of rotatable bonds is 7. The number of anilines is 1. The van der Waals surface area contributed by atoms with E-state index in [0.717, 1.165) is 29.8 Å². The molecule has 2 fully saturated rings. The molecular weight excluding hydrogens is 457 g/mol. The molecule has 0 unspecified atom stereocenters. The van der Waals surface area contributed by atoms with Crippen LogP contribution in [-0.2, 0) is 16.8 Å². The molecule has 2 aliphatic rings. The molecule has 7 nitrogen and oxygen atoms in total. The van der Waals surface area contributed by atoms with E-state index in [1.165, 1.54) is 12.0 Å². The number of likely N-dealkylation sites (tertiary alicyclic amines) is 1. The van der Waals surface area contributed by atoms with Gasteiger partial charge in [0.05, 0.1) is 6.61 Å². The van der Waals surface area contributed by atoms with E-state index >= 15 is 4.39 Å². The second-order valence-corrected chi connectivity index (χ2v) is 10.1. The number of carbonyl (C=O) groups is 1. The molecule has 0 radical (unpaired) electrons. The van der Waals surface area contributed by atoms with Crippen molar-refractivity contribution in [2.24, 2.45) is 0 Å². The van der Waals surface area contributed by atoms with E-state index in [-0.39, 0.29) is 18.7 Å². The quantitative estimate of drug-likeness (QED) is 0.457. The molecule has 3 aromatic rings. The Morgan fingerprint density at radius 1 is 1.19 bits per heavy atom. The van der Waals surface area contributed by atoms with Gasteiger partial charge in [-0.25, -0.2) is 4.39 Å². The minimum absolute atomic E-state index is 0.0626. The number of nitrogen functional groups attached to an aromatic ring is 1. The van der Waals surface area contributed by atoms with Gasteiger partial charge in [0.25, 0.3) is 5.91 Å². The van der Waals surface area contributed by atoms with Crippen LogP contribution in [0.2, 0.25) is 0 Å². The Hall–Kier alpha value is -3.26. The lowest BCUT2D eigenvalue weighted by Crippen LogP contribution is -2.43. The minimum Gasteiger partial charge on any atom is -0.399 e. The molecule has 3 N–H and O–H groups in total. The van der Waals surface area contributed by atoms with E-state index in [2.05, 4.69) is 21.2 Å². The number of hydrogen-bond donors (Lipinski definition) is 2. The molecule has 36 heavy (non-hydrogen) atoms. The predicted octanol–water partition coefficient (Wildman–Crippen LogP) is 4.92. The molecule has 5 rings (SSSR count). The summed E-state index contributed by atoms with van der Waals surface area (Å²) in [6, 6.07) is 11.1. The van der Waals surface area contributed by atoms with Gasteiger partial charge in [-0.3, -0.25) is 4.79 Å². The molecule has 190 valence electrons. The third-order valence-electron chi connectivity index (χ3n) is 7.77. The largest absolute Gasteiger partial charge is 0.399 e. The van der Waals surface area contributed by atoms with Crippen LogP contribution >= 0.6 is 0 Å². The molecule has 0 spiro atoms. The Balaban J connectivity index is 1.39. The summed E-state index contributed by atoms with van der Waals surface area (Å²) >= 11 is 0. The van der Waals surface area contributed by atoms with Crippen molar-refractivity contribution in [2.45, 2.75) is 57.0 Å². The first-order valence-electron chi connectivity index (χ1n) is 12.8. The Labute approximate surface area is 211 Å². The first-order chi connectivity index (χ1) is 17.4. The number of nitrogens with one attached hydrogen (secondary N) is 1. The number of benzene rings is 2. The molecule has 2 aromatic carbocycles. The molecule has 0 bridgehead atoms. The average Bonchev–Trinajstić information content (AvgIpc) is 3.31. The summed E-state index contributed by atoms with van der Waals surface area (Å²) in [6.07, 6.45) is 4.67. The van der Waals surface area contributed by atoms with E-state index in [0.29, 0.717) is 54.7 Å². The highest BCUT2D eigenvalue weighted by Gasteiger charge is 2.38. The Morgan fingerprint density at radius 2 is 1.92 bits per heavy atom. The van der Waals surface area contributed by atoms with Crippen LogP contribution in [0.5, 0.6) is 0 Å². The average molecular weight is 492 g/mol. The number of nitrogens with zero attached hydrogens (tertiary/aromatic N) is 3. The fraction of sp³-hybridized carbons (Fsp3) is 0.464. The zero-order valence-corrected chi connectivity index (χ0v) is 21.0. The summed E-state index contributed by atoms with van der Waals surface area (Å²) < 4.78 is 20.9. The number of alkyl halides is 1. The summed E-state index contributed by atoms with van der Waals surface area (Å²) in [5.74, 6) is 1.85. The van der Waals surface area contributed by atoms with Gasteiger partial charge in [0, 0.05) is 56.3 Å². The number of amides is 1. The zero-order valence-electron chi connectivity index (χ0n) is 21.0. The van der Waals surface area contributed by atoms with Gasteiger partial charge in [-0.15, -0.1) is 10.2 Å². The maximum atomic E-state index is 15.7. The summed E-state index contributed by atoms with van der Waals surface area (Å²) in [5.41, 5.74) is 9.30. The summed E-state index contributed by atoms with van der Waals surface area (Å²) in [7, 11) is 1.66. The molecule has 1 amide bonds. The highest BCUT2D eigenvalue weighted by molar-refractivity contribution is 5.97. The smallest absolute Gasteiger partial charge is 0.254 e. The molecule has 0 atom stereocenters. The van der Waals surface area contributed by atoms with E-state index in [9.17, 15) is 4.79 Å². The van der Waals surface area contributed by atoms with Crippen LogP contribution in [0.25, 0.3) is 11.4 Å². The summed E-state index contributed by atoms with van der Waals surface area (Å²) in [5, 5.41) is 8.68. The molecule has 1 aliphatic carbocycles. The molecule has 1 saturated carbocycles. The van der Waals surface area contributed by atoms with Gasteiger partial charge in [-0.05, 0) is 60.6 Å². The lowest BCUT2D eigenvalue weighted by molar-refractivity contribution is 0.0421. The lowest BCUT2D eigenvalue weighted by atomic mass is 9.77. The van der Waals surface area contributed by atoms with E-state index in [1.54, 1.807) is 36.3 Å². The van der Waals surface area contributed by atoms with Crippen LogP contribution in [0.15, 0.2) is 36.4 Å². The number of aromatic amines is 1. The van der Waals surface area contributed by atoms with Gasteiger partial charge in [-0.2, -0.15) is 0 Å². The monoisotopic (exact) mass is 491 g/mol. The Morgan fingerprint density at radius 3 is 2.56 bits per heavy atom. The fourth-order valence-corrected chi connectivity index (χ4v) is 5.26. The minimum atomic E-state index is -1.45. The molecule has 2 heterocycles. The third-order valence-corrected chi connectivity index (χ3v) is 7.77. The lowest BCUT2D eigenvalue weighted by Gasteiger charge is -2.37. The highest BCUT2D eigenvalue weighted by atomic mass is 19.1. The number of aryl methyl sites for hydroxylation is 1. The number of ether oxygens (including phenoxy) is 1. The van der Waals surface area contributed by atoms with Crippen molar-refractivity contribution < 1.29 is 13.9 Å². The van der Waals surface area contributed by atoms with Crippen LogP contribution < -0.4 is 5.73 Å². The predicted molar refractivity (Wildman–Crippen MR) is 138 cm³/mol. The van der Waals surface area contributed by atoms with Crippen LogP contribution in [0, 0.1) is 6.92 Å². The van der Waals surface area contributed by atoms with Crippen molar-refractivity contribution in [1.29, 1.82) is 0 Å². The summed E-state index contributed by atoms with van der Waals surface area (Å²) in [6.45, 7) is 3.27. The van der Waals surface area contributed by atoms with Gasteiger partial charge in [0.15, 0.2) is 5.82 Å². The molecule has 8 heteroatoms. The Bertz CT molecular complexity index is 1230. The third kappa shape index (κ3) is 4.74. The molecule has 1 aromatic heterocycles. The number of methoxy groups -OCH3 is 1. The number of nitrogens with two attached hydrogens (primary N) is 1. The van der Waals surface area contributed by atoms with Crippen molar-refractivity contribution in [3.05, 3.63) is 64.5 Å². The van der Waals surface area contributed by atoms with Crippen molar-refractivity contribution in [3.8, 4) is 11.4 Å². The van der Waals surface area contributed by atoms with Crippen molar-refractivity contribution in [3.63, 3.8) is 0 Å². The van der Waals surface area contributed by atoms with E-state index in [4.69, 9.17) is 10.5 Å². The van der Waals surface area contributed by atoms with Gasteiger partial charge in [-0.1, -0.05) is 24.6 Å². The SMILES string of the molecule is COCCc1nnc(-c2cc(C(=O)N3CCC(F)(c4ccc(N)cc4)CC3)c(C)cc2C2CCC2)[nH]1. The fourth-order valence-electron chi connectivity index (χ4n) is 5.26. The Kier molecular flexibility index (Phi) is 6.79. The van der Waals surface area contributed by atoms with Gasteiger partial charge in [0.2, 0.25) is 0 Å². The first-order valence-corrected chi connectivity index (χ1v) is 12.8. The number of H-pyrrole nitrogens is 1. The normalized spacial score (nSPS) is 17.7. The first kappa shape index (κ1) is 24.4. The van der Waals surface area contributed by atoms with E-state index in [1.807, 2.05) is 13.0 Å². The standard InChI is InChI=1S/C28H34FN5O2/c1-18-16-23(19-4-3-5-19)24(26-31-25(32-33-26)10-15-36-2)17-22(18)27(35)34-13-11-28(29,12-14-34)20-6-8-21(30)9-7-20/h6-9,16-17,19H,3-5,10-15,30H2,1-2H3,(H,31,32,33). The number of aromatic nitrogens is 3. The number of hydrogen-bond acceptors (Lipinski definition) is 5. The van der Waals surface area contributed by atoms with Crippen LogP contribution in [-0.4, -0.2) is 52.8 Å². The number of halogens is 1. The van der Waals surface area contributed by atoms with Crippen molar-refractivity contribution in [2.75, 3.05) is 32.5 Å². The molecule has 1 aliphatic heterocycles. The van der Waals surface area contributed by atoms with Crippen molar-refractivity contribution >= 4 is 11.6 Å². The topological polar surface area (TPSA) is 97.1 Å². The van der Waals surface area contributed by atoms with Crippen LogP contribution in [0.4, 0.5) is 10.1 Å². The van der Waals surface area contributed by atoms with E-state index < -0.39 is 5.67 Å². The van der Waals surface area contributed by atoms with Gasteiger partial charge in [0.1, 0.15) is 11.5 Å². The summed E-state index contributed by atoms with van der Waals surface area (Å²) in [4.78, 5) is 18.7. The second-order valence-electron chi connectivity index (χ2n) is 10.1. The molecular formula is C28H34FN5O2. The maximum absolute atomic E-state index is 15.7. The number of piperidine rings is 1. The highest BCUT2D eigenvalue weighted by Crippen LogP contribution is 2.42. The maximum Gasteiger partial charge on any atom is 0.254 e. The van der Waals surface area contributed by atoms with Gasteiger partial charge < -0.3 is 20.4 Å². The van der Waals surface area contributed by atoms with Crippen LogP contribution in [0.3, 0.4) is 0 Å². The number of carbonyl (C=O) groups excluding carboxylic acids is 1.